The van der Waals surface area contributed by atoms with E-state index in [-0.39, 0.29) is 0 Å². The predicted molar refractivity (Wildman–Crippen MR) is 73.8 cm³/mol. The zero-order chi connectivity index (χ0) is 11.5. The van der Waals surface area contributed by atoms with Crippen molar-refractivity contribution in [2.24, 2.45) is 5.73 Å². The Morgan fingerprint density at radius 2 is 2.25 bits per heavy atom. The van der Waals surface area contributed by atoms with E-state index in [1.807, 2.05) is 11.3 Å². The van der Waals surface area contributed by atoms with Crippen molar-refractivity contribution in [2.75, 3.05) is 6.54 Å². The Morgan fingerprint density at radius 1 is 1.56 bits per heavy atom. The maximum atomic E-state index is 5.85. The molecule has 1 unspecified atom stereocenters. The average Bonchev–Trinajstić information content (AvgIpc) is 2.86. The summed E-state index contributed by atoms with van der Waals surface area (Å²) in [5, 5.41) is 3.62. The first-order valence-corrected chi connectivity index (χ1v) is 7.18. The van der Waals surface area contributed by atoms with E-state index in [1.165, 1.54) is 14.2 Å². The molecule has 88 valence electrons. The fraction of sp³-hybridized carbons (Fsp3) is 0.500. The van der Waals surface area contributed by atoms with Crippen molar-refractivity contribution in [2.45, 2.75) is 31.8 Å². The summed E-state index contributed by atoms with van der Waals surface area (Å²) in [4.78, 5) is 2.65. The number of nitrogens with one attached hydrogen (secondary N) is 1. The first kappa shape index (κ1) is 12.3. The molecule has 1 atom stereocenters. The topological polar surface area (TPSA) is 38.0 Å². The second kappa shape index (κ2) is 5.45. The van der Waals surface area contributed by atoms with Crippen LogP contribution in [0.4, 0.5) is 0 Å². The summed E-state index contributed by atoms with van der Waals surface area (Å²) < 4.78 is 1.19. The van der Waals surface area contributed by atoms with E-state index in [0.717, 1.165) is 12.8 Å². The fourth-order valence-electron chi connectivity index (χ4n) is 1.96. The largest absolute Gasteiger partial charge is 0.329 e. The molecule has 16 heavy (non-hydrogen) atoms. The van der Waals surface area contributed by atoms with Gasteiger partial charge in [0.25, 0.3) is 0 Å². The lowest BCUT2D eigenvalue weighted by Crippen LogP contribution is -2.34. The van der Waals surface area contributed by atoms with Crippen molar-refractivity contribution in [3.8, 4) is 0 Å². The summed E-state index contributed by atoms with van der Waals surface area (Å²) >= 11 is 5.38. The lowest BCUT2D eigenvalue weighted by Gasteiger charge is -2.20. The lowest BCUT2D eigenvalue weighted by molar-refractivity contribution is 0.458. The molecule has 1 aliphatic carbocycles. The summed E-state index contributed by atoms with van der Waals surface area (Å²) in [6, 6.07) is 3.04. The van der Waals surface area contributed by atoms with Crippen LogP contribution in [0.2, 0.25) is 0 Å². The number of thiophene rings is 1. The molecule has 0 spiro atoms. The summed E-state index contributed by atoms with van der Waals surface area (Å²) in [7, 11) is 0. The van der Waals surface area contributed by atoms with Crippen molar-refractivity contribution < 1.29 is 0 Å². The van der Waals surface area contributed by atoms with E-state index in [9.17, 15) is 0 Å². The third-order valence-corrected chi connectivity index (χ3v) is 5.15. The van der Waals surface area contributed by atoms with Gasteiger partial charge in [0.1, 0.15) is 0 Å². The molecular weight excluding hydrogens is 284 g/mol. The highest BCUT2D eigenvalue weighted by atomic mass is 79.9. The second-order valence-electron chi connectivity index (χ2n) is 4.15. The quantitative estimate of drug-likeness (QED) is 0.839. The number of halogens is 1. The molecular formula is C12H17BrN2S. The minimum atomic E-state index is 0.292. The van der Waals surface area contributed by atoms with E-state index in [0.29, 0.717) is 18.6 Å². The Balaban J connectivity index is 2.03. The molecule has 1 aromatic rings. The minimum absolute atomic E-state index is 0.292. The van der Waals surface area contributed by atoms with Crippen LogP contribution in [0, 0.1) is 6.92 Å². The molecule has 4 heteroatoms. The van der Waals surface area contributed by atoms with Gasteiger partial charge in [-0.05, 0) is 41.8 Å². The first-order chi connectivity index (χ1) is 7.70. The second-order valence-corrected chi connectivity index (χ2v) is 6.29. The molecule has 1 aliphatic rings. The molecule has 0 aromatic carbocycles. The van der Waals surface area contributed by atoms with E-state index < -0.39 is 0 Å². The Morgan fingerprint density at radius 3 is 2.75 bits per heavy atom. The van der Waals surface area contributed by atoms with Crippen molar-refractivity contribution in [3.63, 3.8) is 0 Å². The van der Waals surface area contributed by atoms with Crippen LogP contribution in [0.3, 0.4) is 0 Å². The molecule has 0 saturated carbocycles. The smallest absolute Gasteiger partial charge is 0.0542 e. The summed E-state index contributed by atoms with van der Waals surface area (Å²) in [6.45, 7) is 2.78. The Hall–Kier alpha value is -0.160. The van der Waals surface area contributed by atoms with Gasteiger partial charge in [0.15, 0.2) is 0 Å². The van der Waals surface area contributed by atoms with Crippen LogP contribution in [0.15, 0.2) is 22.7 Å². The van der Waals surface area contributed by atoms with Gasteiger partial charge in [-0.3, -0.25) is 0 Å². The summed E-state index contributed by atoms with van der Waals surface area (Å²) in [5.74, 6) is 0. The molecule has 0 amide bonds. The number of aryl methyl sites for hydroxylation is 1. The monoisotopic (exact) mass is 300 g/mol. The van der Waals surface area contributed by atoms with E-state index >= 15 is 0 Å². The average molecular weight is 301 g/mol. The van der Waals surface area contributed by atoms with Gasteiger partial charge in [0.2, 0.25) is 0 Å². The van der Waals surface area contributed by atoms with Crippen molar-refractivity contribution in [3.05, 3.63) is 32.4 Å². The maximum Gasteiger partial charge on any atom is 0.0542 e. The van der Waals surface area contributed by atoms with Gasteiger partial charge in [-0.25, -0.2) is 0 Å². The van der Waals surface area contributed by atoms with Crippen molar-refractivity contribution >= 4 is 27.3 Å². The number of rotatable bonds is 4. The minimum Gasteiger partial charge on any atom is -0.329 e. The molecule has 2 rings (SSSR count). The summed E-state index contributed by atoms with van der Waals surface area (Å²) in [6.07, 6.45) is 6.73. The lowest BCUT2D eigenvalue weighted by atomic mass is 10.1. The molecule has 0 saturated heterocycles. The van der Waals surface area contributed by atoms with Crippen molar-refractivity contribution in [1.82, 2.24) is 5.32 Å². The Labute approximate surface area is 109 Å². The fourth-order valence-corrected chi connectivity index (χ4v) is 3.59. The molecule has 0 aliphatic heterocycles. The molecule has 0 bridgehead atoms. The molecule has 3 N–H and O–H groups in total. The molecule has 2 nitrogen and oxygen atoms in total. The number of hydrogen-bond donors (Lipinski definition) is 2. The number of hydrogen-bond acceptors (Lipinski definition) is 3. The van der Waals surface area contributed by atoms with Crippen LogP contribution < -0.4 is 11.1 Å². The maximum absolute atomic E-state index is 5.85. The van der Waals surface area contributed by atoms with E-state index in [2.05, 4.69) is 46.4 Å². The highest BCUT2D eigenvalue weighted by molar-refractivity contribution is 9.10. The van der Waals surface area contributed by atoms with Crippen LogP contribution in [0.5, 0.6) is 0 Å². The molecule has 1 aromatic heterocycles. The Bertz CT molecular complexity index is 359. The van der Waals surface area contributed by atoms with Crippen LogP contribution in [0.25, 0.3) is 0 Å². The molecule has 1 heterocycles. The van der Waals surface area contributed by atoms with Gasteiger partial charge in [-0.1, -0.05) is 12.2 Å². The first-order valence-electron chi connectivity index (χ1n) is 5.57. The SMILES string of the molecule is Cc1sc(C(CN)NC2CC=CC2)cc1Br. The normalized spacial score (nSPS) is 18.2. The van der Waals surface area contributed by atoms with Gasteiger partial charge in [0, 0.05) is 26.8 Å². The standard InChI is InChI=1S/C12H17BrN2S/c1-8-10(13)6-12(16-8)11(7-14)15-9-4-2-3-5-9/h2-3,6,9,11,15H,4-5,7,14H2,1H3. The van der Waals surface area contributed by atoms with Gasteiger partial charge < -0.3 is 11.1 Å². The zero-order valence-corrected chi connectivity index (χ0v) is 11.8. The van der Waals surface area contributed by atoms with Gasteiger partial charge >= 0.3 is 0 Å². The van der Waals surface area contributed by atoms with Gasteiger partial charge in [0.05, 0.1) is 6.04 Å². The number of nitrogens with two attached hydrogens (primary N) is 1. The third-order valence-electron chi connectivity index (χ3n) is 2.90. The highest BCUT2D eigenvalue weighted by Crippen LogP contribution is 2.31. The third kappa shape index (κ3) is 2.74. The highest BCUT2D eigenvalue weighted by Gasteiger charge is 2.18. The van der Waals surface area contributed by atoms with Gasteiger partial charge in [-0.2, -0.15) is 0 Å². The van der Waals surface area contributed by atoms with Crippen molar-refractivity contribution in [1.29, 1.82) is 0 Å². The van der Waals surface area contributed by atoms with Crippen LogP contribution in [-0.4, -0.2) is 12.6 Å². The van der Waals surface area contributed by atoms with Crippen LogP contribution in [0.1, 0.15) is 28.6 Å². The van der Waals surface area contributed by atoms with Crippen LogP contribution >= 0.6 is 27.3 Å². The van der Waals surface area contributed by atoms with Gasteiger partial charge in [-0.15, -0.1) is 11.3 Å². The molecule has 0 radical (unpaired) electrons. The van der Waals surface area contributed by atoms with E-state index in [4.69, 9.17) is 5.73 Å². The molecule has 0 fully saturated rings. The summed E-state index contributed by atoms with van der Waals surface area (Å²) in [5.41, 5.74) is 5.85. The Kier molecular flexibility index (Phi) is 4.19. The predicted octanol–water partition coefficient (Wildman–Crippen LogP) is 3.13. The van der Waals surface area contributed by atoms with Crippen LogP contribution in [-0.2, 0) is 0 Å². The van der Waals surface area contributed by atoms with E-state index in [1.54, 1.807) is 0 Å². The zero-order valence-electron chi connectivity index (χ0n) is 9.37.